The van der Waals surface area contributed by atoms with Crippen LogP contribution in [-0.4, -0.2) is 5.78 Å². The average molecular weight is 290 g/mol. The summed E-state index contributed by atoms with van der Waals surface area (Å²) >= 11 is 0. The fourth-order valence-corrected chi connectivity index (χ4v) is 4.04. The molecular weight excluding hydrogens is 268 g/mol. The van der Waals surface area contributed by atoms with Crippen LogP contribution in [0.3, 0.4) is 0 Å². The van der Waals surface area contributed by atoms with Crippen molar-refractivity contribution in [3.63, 3.8) is 0 Å². The van der Waals surface area contributed by atoms with E-state index in [0.717, 1.165) is 18.4 Å². The molecule has 2 aliphatic rings. The van der Waals surface area contributed by atoms with Gasteiger partial charge in [-0.3, -0.25) is 4.79 Å². The number of carbonyl (C=O) groups is 1. The number of hydrogen-bond donors (Lipinski definition) is 0. The zero-order chi connectivity index (χ0) is 15.1. The molecule has 0 bridgehead atoms. The number of hydrogen-bond acceptors (Lipinski definition) is 1. The van der Waals surface area contributed by atoms with Gasteiger partial charge in [-0.25, -0.2) is 0 Å². The van der Waals surface area contributed by atoms with E-state index < -0.39 is 0 Å². The quantitative estimate of drug-likeness (QED) is 0.783. The molecule has 1 fully saturated rings. The minimum atomic E-state index is 0.171. The molecule has 0 spiro atoms. The normalized spacial score (nSPS) is 22.2. The van der Waals surface area contributed by atoms with Gasteiger partial charge in [0.05, 0.1) is 0 Å². The molecule has 0 heterocycles. The lowest BCUT2D eigenvalue weighted by Crippen LogP contribution is -2.29. The monoisotopic (exact) mass is 290 g/mol. The lowest BCUT2D eigenvalue weighted by molar-refractivity contribution is 0.0871. The smallest absolute Gasteiger partial charge is 0.166 e. The van der Waals surface area contributed by atoms with Crippen molar-refractivity contribution in [1.29, 1.82) is 0 Å². The molecule has 2 atom stereocenters. The summed E-state index contributed by atoms with van der Waals surface area (Å²) in [6, 6.07) is 17.0. The lowest BCUT2D eigenvalue weighted by Gasteiger charge is -2.31. The molecule has 0 N–H and O–H groups in total. The van der Waals surface area contributed by atoms with Gasteiger partial charge in [0, 0.05) is 11.5 Å². The summed E-state index contributed by atoms with van der Waals surface area (Å²) in [5.41, 5.74) is 4.86. The minimum Gasteiger partial charge on any atom is -0.294 e. The Bertz CT molecular complexity index is 694. The number of fused-ring (bicyclic) bond motifs is 1. The second-order valence-electron chi connectivity index (χ2n) is 6.94. The summed E-state index contributed by atoms with van der Waals surface area (Å²) in [4.78, 5) is 13.0. The molecule has 0 radical (unpaired) electrons. The SMILES string of the molecule is Cc1ccc([C@@H](C2CC2)[C@@H]2CCc3ccccc3C2=O)cc1. The van der Waals surface area contributed by atoms with Crippen LogP contribution in [0.1, 0.15) is 52.2 Å². The van der Waals surface area contributed by atoms with E-state index in [0.29, 0.717) is 17.6 Å². The van der Waals surface area contributed by atoms with Gasteiger partial charge in [-0.1, -0.05) is 54.1 Å². The molecule has 2 aliphatic carbocycles. The molecule has 1 heteroatoms. The first-order valence-electron chi connectivity index (χ1n) is 8.43. The summed E-state index contributed by atoms with van der Waals surface area (Å²) in [6.45, 7) is 2.12. The van der Waals surface area contributed by atoms with Gasteiger partial charge in [0.25, 0.3) is 0 Å². The second-order valence-corrected chi connectivity index (χ2v) is 6.94. The molecule has 1 nitrogen and oxygen atoms in total. The van der Waals surface area contributed by atoms with Gasteiger partial charge in [0.1, 0.15) is 0 Å². The molecule has 0 unspecified atom stereocenters. The van der Waals surface area contributed by atoms with Crippen LogP contribution >= 0.6 is 0 Å². The summed E-state index contributed by atoms with van der Waals surface area (Å²) in [6.07, 6.45) is 4.61. The second kappa shape index (κ2) is 5.39. The number of Topliss-reactive ketones (excluding diaryl/α,β-unsaturated/α-hetero) is 1. The van der Waals surface area contributed by atoms with Crippen LogP contribution in [0, 0.1) is 18.8 Å². The van der Waals surface area contributed by atoms with Crippen LogP contribution in [0.15, 0.2) is 48.5 Å². The van der Waals surface area contributed by atoms with Gasteiger partial charge in [-0.15, -0.1) is 0 Å². The van der Waals surface area contributed by atoms with Gasteiger partial charge in [-0.05, 0) is 55.6 Å². The summed E-state index contributed by atoms with van der Waals surface area (Å²) in [5, 5.41) is 0. The van der Waals surface area contributed by atoms with Crippen LogP contribution in [0.25, 0.3) is 0 Å². The molecule has 2 aromatic rings. The zero-order valence-corrected chi connectivity index (χ0v) is 13.1. The number of rotatable bonds is 3. The van der Waals surface area contributed by atoms with E-state index in [-0.39, 0.29) is 5.92 Å². The van der Waals surface area contributed by atoms with Crippen molar-refractivity contribution in [3.05, 3.63) is 70.8 Å². The Kier molecular flexibility index (Phi) is 3.37. The Labute approximate surface area is 132 Å². The highest BCUT2D eigenvalue weighted by Crippen LogP contribution is 2.49. The van der Waals surface area contributed by atoms with Crippen molar-refractivity contribution in [2.45, 2.75) is 38.5 Å². The molecule has 0 aromatic heterocycles. The van der Waals surface area contributed by atoms with Crippen molar-refractivity contribution in [2.24, 2.45) is 11.8 Å². The third kappa shape index (κ3) is 2.39. The Hall–Kier alpha value is -1.89. The Morgan fingerprint density at radius 3 is 2.41 bits per heavy atom. The molecule has 1 saturated carbocycles. The van der Waals surface area contributed by atoms with Crippen LogP contribution in [-0.2, 0) is 6.42 Å². The van der Waals surface area contributed by atoms with E-state index in [1.165, 1.54) is 29.5 Å². The third-order valence-corrected chi connectivity index (χ3v) is 5.37. The highest BCUT2D eigenvalue weighted by Gasteiger charge is 2.42. The number of carbonyl (C=O) groups excluding carboxylic acids is 1. The van der Waals surface area contributed by atoms with Gasteiger partial charge in [0.15, 0.2) is 5.78 Å². The van der Waals surface area contributed by atoms with Crippen LogP contribution < -0.4 is 0 Å². The first-order valence-corrected chi connectivity index (χ1v) is 8.43. The minimum absolute atomic E-state index is 0.171. The Morgan fingerprint density at radius 1 is 0.955 bits per heavy atom. The Morgan fingerprint density at radius 2 is 1.68 bits per heavy atom. The fraction of sp³-hybridized carbons (Fsp3) is 0.381. The maximum Gasteiger partial charge on any atom is 0.166 e. The van der Waals surface area contributed by atoms with Gasteiger partial charge < -0.3 is 0 Å². The summed E-state index contributed by atoms with van der Waals surface area (Å²) < 4.78 is 0. The van der Waals surface area contributed by atoms with E-state index in [4.69, 9.17) is 0 Å². The zero-order valence-electron chi connectivity index (χ0n) is 13.1. The van der Waals surface area contributed by atoms with Crippen molar-refractivity contribution in [3.8, 4) is 0 Å². The largest absolute Gasteiger partial charge is 0.294 e. The van der Waals surface area contributed by atoms with Gasteiger partial charge in [0.2, 0.25) is 0 Å². The molecule has 0 saturated heterocycles. The van der Waals surface area contributed by atoms with E-state index in [1.807, 2.05) is 18.2 Å². The first kappa shape index (κ1) is 13.8. The number of ketones is 1. The van der Waals surface area contributed by atoms with Gasteiger partial charge >= 0.3 is 0 Å². The summed E-state index contributed by atoms with van der Waals surface area (Å²) in [7, 11) is 0. The molecule has 4 rings (SSSR count). The lowest BCUT2D eigenvalue weighted by atomic mass is 9.71. The van der Waals surface area contributed by atoms with Crippen LogP contribution in [0.4, 0.5) is 0 Å². The average Bonchev–Trinajstić information content (AvgIpc) is 3.37. The predicted molar refractivity (Wildman–Crippen MR) is 89.2 cm³/mol. The first-order chi connectivity index (χ1) is 10.7. The topological polar surface area (TPSA) is 17.1 Å². The van der Waals surface area contributed by atoms with E-state index in [2.05, 4.69) is 37.3 Å². The third-order valence-electron chi connectivity index (χ3n) is 5.37. The van der Waals surface area contributed by atoms with Gasteiger partial charge in [-0.2, -0.15) is 0 Å². The highest BCUT2D eigenvalue weighted by molar-refractivity contribution is 6.00. The van der Waals surface area contributed by atoms with Crippen molar-refractivity contribution in [2.75, 3.05) is 0 Å². The Balaban J connectivity index is 1.69. The maximum absolute atomic E-state index is 13.0. The van der Waals surface area contributed by atoms with E-state index >= 15 is 0 Å². The molecule has 112 valence electrons. The standard InChI is InChI=1S/C21H22O/c1-14-6-8-16(9-7-14)20(17-10-11-17)19-13-12-15-4-2-3-5-18(15)21(19)22/h2-9,17,19-20H,10-13H2,1H3/t19-,20-/m0/s1. The van der Waals surface area contributed by atoms with Crippen molar-refractivity contribution in [1.82, 2.24) is 0 Å². The van der Waals surface area contributed by atoms with E-state index in [1.54, 1.807) is 0 Å². The molecular formula is C21H22O. The van der Waals surface area contributed by atoms with Crippen molar-refractivity contribution < 1.29 is 4.79 Å². The fourth-order valence-electron chi connectivity index (χ4n) is 4.04. The molecule has 0 amide bonds. The van der Waals surface area contributed by atoms with Crippen LogP contribution in [0.5, 0.6) is 0 Å². The summed E-state index contributed by atoms with van der Waals surface area (Å²) in [5.74, 6) is 1.67. The predicted octanol–water partition coefficient (Wildman–Crippen LogP) is 4.93. The van der Waals surface area contributed by atoms with Crippen molar-refractivity contribution >= 4 is 5.78 Å². The molecule has 22 heavy (non-hydrogen) atoms. The maximum atomic E-state index is 13.0. The number of aryl methyl sites for hydroxylation is 2. The van der Waals surface area contributed by atoms with E-state index in [9.17, 15) is 4.79 Å². The molecule has 2 aromatic carbocycles. The van der Waals surface area contributed by atoms with Crippen LogP contribution in [0.2, 0.25) is 0 Å². The number of benzene rings is 2. The highest BCUT2D eigenvalue weighted by atomic mass is 16.1. The molecule has 0 aliphatic heterocycles.